The molecule has 1 aromatic carbocycles. The van der Waals surface area contributed by atoms with Gasteiger partial charge >= 0.3 is 0 Å². The minimum atomic E-state index is -0.264. The van der Waals surface area contributed by atoms with Crippen LogP contribution in [0.15, 0.2) is 36.8 Å². The highest BCUT2D eigenvalue weighted by atomic mass is 16.5. The monoisotopic (exact) mass is 366 g/mol. The third-order valence-electron chi connectivity index (χ3n) is 4.65. The largest absolute Gasteiger partial charge is 0.383 e. The summed E-state index contributed by atoms with van der Waals surface area (Å²) in [6.07, 6.45) is 5.66. The first-order valence-corrected chi connectivity index (χ1v) is 9.03. The summed E-state index contributed by atoms with van der Waals surface area (Å²) in [5.74, 6) is 1.19. The van der Waals surface area contributed by atoms with Crippen molar-refractivity contribution in [3.8, 4) is 0 Å². The summed E-state index contributed by atoms with van der Waals surface area (Å²) in [4.78, 5) is 23.3. The lowest BCUT2D eigenvalue weighted by molar-refractivity contribution is 0.102. The third-order valence-corrected chi connectivity index (χ3v) is 4.65. The molecule has 1 aliphatic carbocycles. The van der Waals surface area contributed by atoms with Crippen LogP contribution < -0.4 is 10.2 Å². The van der Waals surface area contributed by atoms with Gasteiger partial charge in [0.1, 0.15) is 17.8 Å². The number of H-pyrrole nitrogens is 1. The summed E-state index contributed by atoms with van der Waals surface area (Å²) in [5.41, 5.74) is 1.96. The van der Waals surface area contributed by atoms with E-state index in [1.165, 1.54) is 19.2 Å². The second-order valence-corrected chi connectivity index (χ2v) is 6.77. The average molecular weight is 366 g/mol. The number of nitrogens with one attached hydrogen (secondary N) is 2. The van der Waals surface area contributed by atoms with Crippen LogP contribution in [0.1, 0.15) is 23.3 Å². The predicted octanol–water partition coefficient (Wildman–Crippen LogP) is 2.47. The number of anilines is 2. The molecule has 0 atom stereocenters. The van der Waals surface area contributed by atoms with E-state index in [-0.39, 0.29) is 5.91 Å². The number of carbonyl (C=O) groups excluding carboxylic acids is 1. The van der Waals surface area contributed by atoms with Crippen molar-refractivity contribution in [3.05, 3.63) is 42.5 Å². The molecular formula is C19H22N6O2. The lowest BCUT2D eigenvalue weighted by atomic mass is 10.2. The number of carbonyl (C=O) groups is 1. The summed E-state index contributed by atoms with van der Waals surface area (Å²) in [6, 6.07) is 7.32. The van der Waals surface area contributed by atoms with Crippen LogP contribution in [0, 0.1) is 5.92 Å². The van der Waals surface area contributed by atoms with Crippen LogP contribution in [0.25, 0.3) is 10.9 Å². The van der Waals surface area contributed by atoms with Crippen molar-refractivity contribution >= 4 is 28.3 Å². The Kier molecular flexibility index (Phi) is 4.97. The Bertz CT molecular complexity index is 937. The normalized spacial score (nSPS) is 13.7. The Morgan fingerprint density at radius 1 is 1.33 bits per heavy atom. The minimum Gasteiger partial charge on any atom is -0.383 e. The van der Waals surface area contributed by atoms with E-state index in [9.17, 15) is 4.79 Å². The van der Waals surface area contributed by atoms with E-state index in [0.717, 1.165) is 29.8 Å². The van der Waals surface area contributed by atoms with E-state index in [0.29, 0.717) is 23.9 Å². The van der Waals surface area contributed by atoms with Crippen molar-refractivity contribution in [3.63, 3.8) is 0 Å². The molecule has 1 saturated carbocycles. The van der Waals surface area contributed by atoms with Crippen LogP contribution in [0.5, 0.6) is 0 Å². The minimum absolute atomic E-state index is 0.264. The van der Waals surface area contributed by atoms with Crippen LogP contribution >= 0.6 is 0 Å². The fourth-order valence-corrected chi connectivity index (χ4v) is 2.97. The number of hydrogen-bond acceptors (Lipinski definition) is 6. The van der Waals surface area contributed by atoms with Gasteiger partial charge in [-0.25, -0.2) is 9.97 Å². The summed E-state index contributed by atoms with van der Waals surface area (Å²) in [5, 5.41) is 10.7. The quantitative estimate of drug-likeness (QED) is 0.636. The maximum absolute atomic E-state index is 12.6. The summed E-state index contributed by atoms with van der Waals surface area (Å²) in [7, 11) is 1.69. The maximum Gasteiger partial charge on any atom is 0.274 e. The van der Waals surface area contributed by atoms with Crippen LogP contribution in [-0.2, 0) is 4.74 Å². The molecule has 1 aliphatic rings. The molecule has 2 aromatic heterocycles. The molecule has 0 bridgehead atoms. The number of rotatable bonds is 8. The van der Waals surface area contributed by atoms with Crippen LogP contribution in [0.2, 0.25) is 0 Å². The molecule has 2 heterocycles. The predicted molar refractivity (Wildman–Crippen MR) is 103 cm³/mol. The standard InChI is InChI=1S/C19H22N6O2/c1-27-7-6-25(11-13-2-3-13)18-9-17(20-12-21-18)19(26)23-15-4-5-16-14(8-15)10-22-24-16/h4-5,8-10,12-13H,2-3,6-7,11H2,1H3,(H,22,24)(H,23,26). The SMILES string of the molecule is COCCN(CC1CC1)c1cc(C(=O)Nc2ccc3[nH]ncc3c2)ncn1. The Hall–Kier alpha value is -3.00. The highest BCUT2D eigenvalue weighted by molar-refractivity contribution is 6.04. The number of aromatic nitrogens is 4. The summed E-state index contributed by atoms with van der Waals surface area (Å²) >= 11 is 0. The lowest BCUT2D eigenvalue weighted by Crippen LogP contribution is -2.30. The Labute approximate surface area is 157 Å². The molecule has 0 saturated heterocycles. The van der Waals surface area contributed by atoms with E-state index >= 15 is 0 Å². The molecule has 2 N–H and O–H groups in total. The molecule has 8 nitrogen and oxygen atoms in total. The summed E-state index contributed by atoms with van der Waals surface area (Å²) < 4.78 is 5.21. The number of amides is 1. The van der Waals surface area contributed by atoms with Crippen molar-refractivity contribution < 1.29 is 9.53 Å². The summed E-state index contributed by atoms with van der Waals surface area (Å²) in [6.45, 7) is 2.28. The van der Waals surface area contributed by atoms with Gasteiger partial charge in [0.15, 0.2) is 0 Å². The Balaban J connectivity index is 1.50. The highest BCUT2D eigenvalue weighted by Crippen LogP contribution is 2.31. The first-order valence-electron chi connectivity index (χ1n) is 9.03. The second-order valence-electron chi connectivity index (χ2n) is 6.77. The molecule has 1 fully saturated rings. The molecule has 27 heavy (non-hydrogen) atoms. The number of aromatic amines is 1. The molecule has 140 valence electrons. The highest BCUT2D eigenvalue weighted by Gasteiger charge is 2.25. The third kappa shape index (κ3) is 4.22. The molecule has 3 aromatic rings. The van der Waals surface area contributed by atoms with E-state index in [1.807, 2.05) is 18.2 Å². The Morgan fingerprint density at radius 2 is 2.22 bits per heavy atom. The molecule has 0 spiro atoms. The number of ether oxygens (including phenoxy) is 1. The second kappa shape index (κ2) is 7.71. The molecule has 0 radical (unpaired) electrons. The molecule has 8 heteroatoms. The Morgan fingerprint density at radius 3 is 3.04 bits per heavy atom. The van der Waals surface area contributed by atoms with E-state index in [2.05, 4.69) is 30.4 Å². The van der Waals surface area contributed by atoms with Crippen molar-refractivity contribution in [1.82, 2.24) is 20.2 Å². The molecule has 4 rings (SSSR count). The molecule has 0 aliphatic heterocycles. The lowest BCUT2D eigenvalue weighted by Gasteiger charge is -2.23. The molecular weight excluding hydrogens is 344 g/mol. The number of methoxy groups -OCH3 is 1. The van der Waals surface area contributed by atoms with Gasteiger partial charge in [0.2, 0.25) is 0 Å². The van der Waals surface area contributed by atoms with Crippen LogP contribution in [0.3, 0.4) is 0 Å². The first kappa shape index (κ1) is 17.4. The zero-order chi connectivity index (χ0) is 18.6. The van der Waals surface area contributed by atoms with Gasteiger partial charge in [0.25, 0.3) is 5.91 Å². The number of fused-ring (bicyclic) bond motifs is 1. The van der Waals surface area contributed by atoms with Crippen LogP contribution in [0.4, 0.5) is 11.5 Å². The average Bonchev–Trinajstić information content (AvgIpc) is 3.39. The van der Waals surface area contributed by atoms with Crippen LogP contribution in [-0.4, -0.2) is 52.9 Å². The van der Waals surface area contributed by atoms with Gasteiger partial charge < -0.3 is 15.0 Å². The van der Waals surface area contributed by atoms with Gasteiger partial charge in [-0.05, 0) is 37.0 Å². The van der Waals surface area contributed by atoms with Gasteiger partial charge in [0.05, 0.1) is 18.3 Å². The van der Waals surface area contributed by atoms with Crippen molar-refractivity contribution in [2.24, 2.45) is 5.92 Å². The van der Waals surface area contributed by atoms with E-state index in [1.54, 1.807) is 19.4 Å². The zero-order valence-corrected chi connectivity index (χ0v) is 15.2. The first-order chi connectivity index (χ1) is 13.2. The van der Waals surface area contributed by atoms with Crippen molar-refractivity contribution in [2.75, 3.05) is 37.0 Å². The fraction of sp³-hybridized carbons (Fsp3) is 0.368. The smallest absolute Gasteiger partial charge is 0.274 e. The number of hydrogen-bond donors (Lipinski definition) is 2. The van der Waals surface area contributed by atoms with Gasteiger partial charge in [-0.1, -0.05) is 0 Å². The fourth-order valence-electron chi connectivity index (χ4n) is 2.97. The molecule has 1 amide bonds. The van der Waals surface area contributed by atoms with Gasteiger partial charge in [-0.2, -0.15) is 5.10 Å². The van der Waals surface area contributed by atoms with Gasteiger partial charge in [-0.15, -0.1) is 0 Å². The molecule has 0 unspecified atom stereocenters. The number of benzene rings is 1. The van der Waals surface area contributed by atoms with Gasteiger partial charge in [0, 0.05) is 37.3 Å². The maximum atomic E-state index is 12.6. The van der Waals surface area contributed by atoms with Crippen molar-refractivity contribution in [2.45, 2.75) is 12.8 Å². The number of nitrogens with zero attached hydrogens (tertiary/aromatic N) is 4. The van der Waals surface area contributed by atoms with Gasteiger partial charge in [-0.3, -0.25) is 9.89 Å². The van der Waals surface area contributed by atoms with E-state index < -0.39 is 0 Å². The van der Waals surface area contributed by atoms with E-state index in [4.69, 9.17) is 4.74 Å². The topological polar surface area (TPSA) is 96.0 Å². The van der Waals surface area contributed by atoms with Crippen molar-refractivity contribution in [1.29, 1.82) is 0 Å². The zero-order valence-electron chi connectivity index (χ0n) is 15.2.